The van der Waals surface area contributed by atoms with Gasteiger partial charge in [0.15, 0.2) is 0 Å². The Bertz CT molecular complexity index is 784. The molecule has 2 heterocycles. The van der Waals surface area contributed by atoms with Crippen molar-refractivity contribution in [3.05, 3.63) is 34.7 Å². The molecule has 1 amide bonds. The fourth-order valence-electron chi connectivity index (χ4n) is 3.79. The van der Waals surface area contributed by atoms with Crippen molar-refractivity contribution in [3.8, 4) is 0 Å². The number of fused-ring (bicyclic) bond motifs is 1. The maximum absolute atomic E-state index is 12.7. The predicted octanol–water partition coefficient (Wildman–Crippen LogP) is 1.67. The van der Waals surface area contributed by atoms with Crippen LogP contribution in [0.5, 0.6) is 0 Å². The molecule has 6 nitrogen and oxygen atoms in total. The molecule has 0 radical (unpaired) electrons. The summed E-state index contributed by atoms with van der Waals surface area (Å²) >= 11 is 0. The summed E-state index contributed by atoms with van der Waals surface area (Å²) in [5.74, 6) is 0.745. The lowest BCUT2D eigenvalue weighted by Gasteiger charge is -2.32. The largest absolute Gasteiger partial charge is 0.341 e. The van der Waals surface area contributed by atoms with Gasteiger partial charge >= 0.3 is 5.69 Å². The van der Waals surface area contributed by atoms with Gasteiger partial charge in [-0.2, -0.15) is 0 Å². The Morgan fingerprint density at radius 3 is 2.40 bits per heavy atom. The molecule has 0 unspecified atom stereocenters. The third-order valence-corrected chi connectivity index (χ3v) is 5.30. The van der Waals surface area contributed by atoms with Crippen molar-refractivity contribution in [2.75, 3.05) is 26.7 Å². The van der Waals surface area contributed by atoms with Crippen molar-refractivity contribution in [2.24, 2.45) is 5.92 Å². The molecule has 1 aromatic heterocycles. The summed E-state index contributed by atoms with van der Waals surface area (Å²) in [7, 11) is 1.98. The minimum absolute atomic E-state index is 0.0492. The van der Waals surface area contributed by atoms with Crippen LogP contribution < -0.4 is 11.0 Å². The number of hydrogen-bond donors (Lipinski definition) is 1. The lowest BCUT2D eigenvalue weighted by Crippen LogP contribution is -2.42. The van der Waals surface area contributed by atoms with Gasteiger partial charge in [-0.05, 0) is 57.8 Å². The van der Waals surface area contributed by atoms with Gasteiger partial charge in [-0.25, -0.2) is 4.79 Å². The van der Waals surface area contributed by atoms with E-state index in [4.69, 9.17) is 0 Å². The Morgan fingerprint density at radius 1 is 1.16 bits per heavy atom. The van der Waals surface area contributed by atoms with Gasteiger partial charge in [0.05, 0.1) is 11.0 Å². The first-order chi connectivity index (χ1) is 12.2. The summed E-state index contributed by atoms with van der Waals surface area (Å²) in [4.78, 5) is 27.3. The van der Waals surface area contributed by atoms with Crippen molar-refractivity contribution < 1.29 is 4.79 Å². The molecule has 1 saturated heterocycles. The molecule has 0 atom stereocenters. The molecule has 2 aromatic rings. The fraction of sp³-hybridized carbons (Fsp3) is 0.579. The van der Waals surface area contributed by atoms with Crippen LogP contribution in [0.2, 0.25) is 0 Å². The highest BCUT2D eigenvalue weighted by Crippen LogP contribution is 2.20. The molecule has 1 aliphatic heterocycles. The molecule has 0 aliphatic carbocycles. The zero-order chi connectivity index (χ0) is 17.8. The first kappa shape index (κ1) is 17.7. The van der Waals surface area contributed by atoms with E-state index in [-0.39, 0.29) is 18.1 Å². The second kappa shape index (κ2) is 7.87. The van der Waals surface area contributed by atoms with Crippen molar-refractivity contribution in [3.63, 3.8) is 0 Å². The Morgan fingerprint density at radius 2 is 1.80 bits per heavy atom. The number of para-hydroxylation sites is 2. The summed E-state index contributed by atoms with van der Waals surface area (Å²) in [5.41, 5.74) is 1.64. The van der Waals surface area contributed by atoms with Crippen molar-refractivity contribution in [1.29, 1.82) is 0 Å². The normalized spacial score (nSPS) is 15.8. The number of benzene rings is 1. The van der Waals surface area contributed by atoms with Gasteiger partial charge in [-0.3, -0.25) is 13.9 Å². The van der Waals surface area contributed by atoms with E-state index in [1.165, 1.54) is 6.42 Å². The van der Waals surface area contributed by atoms with Gasteiger partial charge in [0.1, 0.15) is 6.54 Å². The number of amides is 1. The molecule has 136 valence electrons. The zero-order valence-corrected chi connectivity index (χ0v) is 15.2. The number of piperidine rings is 1. The number of imidazole rings is 1. The highest BCUT2D eigenvalue weighted by atomic mass is 16.2. The first-order valence-electron chi connectivity index (χ1n) is 9.26. The average molecular weight is 344 g/mol. The van der Waals surface area contributed by atoms with E-state index in [1.807, 2.05) is 43.1 Å². The van der Waals surface area contributed by atoms with Crippen LogP contribution in [0.1, 0.15) is 26.2 Å². The van der Waals surface area contributed by atoms with Crippen LogP contribution in [0.25, 0.3) is 11.0 Å². The monoisotopic (exact) mass is 344 g/mol. The SMILES string of the molecule is CCn1c(=O)n(CC(=O)N2CCC(CCNC)CC2)c2ccccc21. The molecule has 0 bridgehead atoms. The van der Waals surface area contributed by atoms with E-state index in [0.717, 1.165) is 43.5 Å². The number of rotatable bonds is 6. The molecule has 0 spiro atoms. The van der Waals surface area contributed by atoms with Crippen LogP contribution >= 0.6 is 0 Å². The molecule has 25 heavy (non-hydrogen) atoms. The number of hydrogen-bond acceptors (Lipinski definition) is 3. The van der Waals surface area contributed by atoms with Gasteiger partial charge in [0.25, 0.3) is 0 Å². The molecule has 6 heteroatoms. The lowest BCUT2D eigenvalue weighted by molar-refractivity contribution is -0.133. The van der Waals surface area contributed by atoms with Gasteiger partial charge < -0.3 is 10.2 Å². The molecule has 1 aromatic carbocycles. The van der Waals surface area contributed by atoms with E-state index in [0.29, 0.717) is 12.5 Å². The smallest absolute Gasteiger partial charge is 0.329 e. The minimum Gasteiger partial charge on any atom is -0.341 e. The summed E-state index contributed by atoms with van der Waals surface area (Å²) in [6.07, 6.45) is 3.28. The molecular weight excluding hydrogens is 316 g/mol. The summed E-state index contributed by atoms with van der Waals surface area (Å²) < 4.78 is 3.35. The highest BCUT2D eigenvalue weighted by Gasteiger charge is 2.24. The predicted molar refractivity (Wildman–Crippen MR) is 99.7 cm³/mol. The van der Waals surface area contributed by atoms with E-state index in [2.05, 4.69) is 5.32 Å². The number of likely N-dealkylation sites (tertiary alicyclic amines) is 1. The van der Waals surface area contributed by atoms with Crippen molar-refractivity contribution >= 4 is 16.9 Å². The third-order valence-electron chi connectivity index (χ3n) is 5.30. The fourth-order valence-corrected chi connectivity index (χ4v) is 3.79. The summed E-state index contributed by atoms with van der Waals surface area (Å²) in [6, 6.07) is 7.70. The van der Waals surface area contributed by atoms with E-state index >= 15 is 0 Å². The van der Waals surface area contributed by atoms with Gasteiger partial charge in [0, 0.05) is 19.6 Å². The first-order valence-corrected chi connectivity index (χ1v) is 9.26. The van der Waals surface area contributed by atoms with Crippen LogP contribution in [-0.2, 0) is 17.9 Å². The average Bonchev–Trinajstić information content (AvgIpc) is 2.91. The number of aromatic nitrogens is 2. The Hall–Kier alpha value is -2.08. The van der Waals surface area contributed by atoms with E-state index < -0.39 is 0 Å². The van der Waals surface area contributed by atoms with Gasteiger partial charge in [-0.15, -0.1) is 0 Å². The molecule has 1 aliphatic rings. The Kier molecular flexibility index (Phi) is 5.58. The third kappa shape index (κ3) is 3.63. The molecule has 1 N–H and O–H groups in total. The number of aryl methyl sites for hydroxylation is 1. The molecule has 0 saturated carbocycles. The summed E-state index contributed by atoms with van der Waals surface area (Å²) in [5, 5.41) is 3.19. The van der Waals surface area contributed by atoms with Crippen LogP contribution in [0.15, 0.2) is 29.1 Å². The number of carbonyl (C=O) groups is 1. The minimum atomic E-state index is -0.0963. The quantitative estimate of drug-likeness (QED) is 0.867. The van der Waals surface area contributed by atoms with Crippen LogP contribution in [-0.4, -0.2) is 46.6 Å². The van der Waals surface area contributed by atoms with Crippen LogP contribution in [0.4, 0.5) is 0 Å². The van der Waals surface area contributed by atoms with Crippen molar-refractivity contribution in [1.82, 2.24) is 19.4 Å². The Balaban J connectivity index is 1.71. The van der Waals surface area contributed by atoms with E-state index in [9.17, 15) is 9.59 Å². The van der Waals surface area contributed by atoms with Gasteiger partial charge in [-0.1, -0.05) is 12.1 Å². The van der Waals surface area contributed by atoms with Gasteiger partial charge in [0.2, 0.25) is 5.91 Å². The van der Waals surface area contributed by atoms with Crippen molar-refractivity contribution in [2.45, 2.75) is 39.3 Å². The number of nitrogens with one attached hydrogen (secondary N) is 1. The van der Waals surface area contributed by atoms with Crippen LogP contribution in [0, 0.1) is 5.92 Å². The standard InChI is InChI=1S/C19H28N4O2/c1-3-22-16-6-4-5-7-17(16)23(19(22)25)14-18(24)21-12-9-15(10-13-21)8-11-20-2/h4-7,15,20H,3,8-14H2,1-2H3. The molecular formula is C19H28N4O2. The topological polar surface area (TPSA) is 59.3 Å². The Labute approximate surface area is 148 Å². The second-order valence-corrected chi connectivity index (χ2v) is 6.82. The highest BCUT2D eigenvalue weighted by molar-refractivity contribution is 5.81. The second-order valence-electron chi connectivity index (χ2n) is 6.82. The molecule has 3 rings (SSSR count). The number of carbonyl (C=O) groups excluding carboxylic acids is 1. The maximum atomic E-state index is 12.7. The summed E-state index contributed by atoms with van der Waals surface area (Å²) in [6.45, 7) is 5.33. The van der Waals surface area contributed by atoms with E-state index in [1.54, 1.807) is 9.13 Å². The number of nitrogens with zero attached hydrogens (tertiary/aromatic N) is 3. The lowest BCUT2D eigenvalue weighted by atomic mass is 9.93. The zero-order valence-electron chi connectivity index (χ0n) is 15.2. The maximum Gasteiger partial charge on any atom is 0.329 e. The molecule has 1 fully saturated rings. The van der Waals surface area contributed by atoms with Crippen LogP contribution in [0.3, 0.4) is 0 Å².